The van der Waals surface area contributed by atoms with Gasteiger partial charge < -0.3 is 5.73 Å². The Bertz CT molecular complexity index is 148. The molecule has 0 aliphatic heterocycles. The summed E-state index contributed by atoms with van der Waals surface area (Å²) in [4.78, 5) is 0. The van der Waals surface area contributed by atoms with Crippen LogP contribution in [0.2, 0.25) is 0 Å². The largest absolute Gasteiger partial charge is 0.399 e. The average Bonchev–Trinajstić information content (AvgIpc) is 1.77. The molecule has 0 saturated carbocycles. The number of nitrogens with two attached hydrogens (primary N) is 1. The molecule has 0 aliphatic rings. The van der Waals surface area contributed by atoms with Crippen LogP contribution in [0.25, 0.3) is 0 Å². The Hall–Kier alpha value is -0.461. The molecule has 0 atom stereocenters. The zero-order valence-corrected chi connectivity index (χ0v) is 6.34. The molecule has 0 bridgehead atoms. The van der Waals surface area contributed by atoms with Crippen molar-refractivity contribution < 1.29 is 17.1 Å². The van der Waals surface area contributed by atoms with E-state index >= 15 is 0 Å². The first-order valence-corrected chi connectivity index (χ1v) is 2.61. The maximum atomic E-state index is 5.43. The van der Waals surface area contributed by atoms with Gasteiger partial charge in [0.1, 0.15) is 0 Å². The van der Waals surface area contributed by atoms with Gasteiger partial charge in [0.05, 0.1) is 0 Å². The molecule has 0 saturated heterocycles. The maximum Gasteiger partial charge on any atom is 0.0314 e. The molecule has 1 aromatic rings. The van der Waals surface area contributed by atoms with Crippen LogP contribution in [-0.2, 0) is 17.1 Å². The first kappa shape index (κ1) is 8.54. The molecule has 1 rings (SSSR count). The van der Waals surface area contributed by atoms with E-state index in [0.717, 1.165) is 5.69 Å². The van der Waals surface area contributed by atoms with Crippen LogP contribution in [0.1, 0.15) is 5.56 Å². The molecule has 1 nitrogen and oxygen atoms in total. The average molecular weight is 163 g/mol. The van der Waals surface area contributed by atoms with Crippen LogP contribution in [0.4, 0.5) is 5.69 Å². The van der Waals surface area contributed by atoms with Crippen LogP contribution in [0.15, 0.2) is 24.3 Å². The quantitative estimate of drug-likeness (QED) is 0.456. The van der Waals surface area contributed by atoms with Gasteiger partial charge in [0.15, 0.2) is 0 Å². The molecule has 0 aliphatic carbocycles. The Morgan fingerprint density at radius 1 is 1.11 bits per heavy atom. The Labute approximate surface area is 65.7 Å². The van der Waals surface area contributed by atoms with Gasteiger partial charge in [-0.15, -0.1) is 0 Å². The summed E-state index contributed by atoms with van der Waals surface area (Å²) < 4.78 is 0. The fraction of sp³-hybridized carbons (Fsp3) is 0.143. The van der Waals surface area contributed by atoms with Crippen LogP contribution in [0.5, 0.6) is 0 Å². The first-order valence-electron chi connectivity index (χ1n) is 2.61. The molecule has 9 heavy (non-hydrogen) atoms. The molecule has 50 valence electrons. The summed E-state index contributed by atoms with van der Waals surface area (Å²) in [6, 6.07) is 7.79. The number of rotatable bonds is 0. The molecular weight excluding hydrogens is 154 g/mol. The number of nitrogen functional groups attached to an aromatic ring is 1. The van der Waals surface area contributed by atoms with Crippen molar-refractivity contribution >= 4 is 5.69 Å². The summed E-state index contributed by atoms with van der Waals surface area (Å²) in [5.41, 5.74) is 7.51. The van der Waals surface area contributed by atoms with E-state index in [0.29, 0.717) is 0 Å². The zero-order chi connectivity index (χ0) is 5.98. The van der Waals surface area contributed by atoms with Gasteiger partial charge in [-0.1, -0.05) is 17.7 Å². The fourth-order valence-corrected chi connectivity index (χ4v) is 0.566. The molecule has 2 heteroatoms. The van der Waals surface area contributed by atoms with Crippen molar-refractivity contribution in [1.29, 1.82) is 0 Å². The molecule has 0 unspecified atom stereocenters. The number of aryl methyl sites for hydroxylation is 1. The summed E-state index contributed by atoms with van der Waals surface area (Å²) in [6.45, 7) is 2.04. The molecule has 0 spiro atoms. The minimum absolute atomic E-state index is 0. The van der Waals surface area contributed by atoms with E-state index in [1.807, 2.05) is 31.2 Å². The van der Waals surface area contributed by atoms with Gasteiger partial charge >= 0.3 is 0 Å². The standard InChI is InChI=1S/C7H9N.Fe/c1-6-2-4-7(8)5-3-6;/h2-5H,8H2,1H3;. The predicted molar refractivity (Wildman–Crippen MR) is 35.6 cm³/mol. The normalized spacial score (nSPS) is 8.11. The Morgan fingerprint density at radius 3 is 1.89 bits per heavy atom. The topological polar surface area (TPSA) is 26.0 Å². The third-order valence-electron chi connectivity index (χ3n) is 1.08. The molecule has 0 aromatic heterocycles. The monoisotopic (exact) mass is 163 g/mol. The molecular formula is C7H9FeN. The summed E-state index contributed by atoms with van der Waals surface area (Å²) in [5.74, 6) is 0. The maximum absolute atomic E-state index is 5.43. The second kappa shape index (κ2) is 3.54. The van der Waals surface area contributed by atoms with E-state index in [1.54, 1.807) is 0 Å². The smallest absolute Gasteiger partial charge is 0.0314 e. The molecule has 2 N–H and O–H groups in total. The Morgan fingerprint density at radius 2 is 1.56 bits per heavy atom. The number of hydrogen-bond donors (Lipinski definition) is 1. The van der Waals surface area contributed by atoms with Gasteiger partial charge in [-0.25, -0.2) is 0 Å². The number of anilines is 1. The van der Waals surface area contributed by atoms with Crippen molar-refractivity contribution in [2.75, 3.05) is 5.73 Å². The number of benzene rings is 1. The number of hydrogen-bond acceptors (Lipinski definition) is 1. The second-order valence-electron chi connectivity index (χ2n) is 1.91. The van der Waals surface area contributed by atoms with Crippen LogP contribution in [0, 0.1) is 6.92 Å². The van der Waals surface area contributed by atoms with Gasteiger partial charge in [0, 0.05) is 22.8 Å². The Balaban J connectivity index is 0.000000640. The summed E-state index contributed by atoms with van der Waals surface area (Å²) >= 11 is 0. The van der Waals surface area contributed by atoms with Crippen molar-refractivity contribution in [3.8, 4) is 0 Å². The van der Waals surface area contributed by atoms with Crippen molar-refractivity contribution in [3.63, 3.8) is 0 Å². The van der Waals surface area contributed by atoms with E-state index in [9.17, 15) is 0 Å². The predicted octanol–water partition coefficient (Wildman–Crippen LogP) is 1.57. The van der Waals surface area contributed by atoms with E-state index in [4.69, 9.17) is 5.73 Å². The van der Waals surface area contributed by atoms with Crippen molar-refractivity contribution in [2.45, 2.75) is 6.92 Å². The van der Waals surface area contributed by atoms with Crippen molar-refractivity contribution in [3.05, 3.63) is 29.8 Å². The van der Waals surface area contributed by atoms with E-state index < -0.39 is 0 Å². The fourth-order valence-electron chi connectivity index (χ4n) is 0.566. The van der Waals surface area contributed by atoms with Gasteiger partial charge in [0.2, 0.25) is 0 Å². The SMILES string of the molecule is Cc1ccc(N)cc1.[Fe]. The van der Waals surface area contributed by atoms with E-state index in [-0.39, 0.29) is 17.1 Å². The van der Waals surface area contributed by atoms with Crippen LogP contribution >= 0.6 is 0 Å². The third kappa shape index (κ3) is 2.54. The second-order valence-corrected chi connectivity index (χ2v) is 1.91. The molecule has 0 fully saturated rings. The van der Waals surface area contributed by atoms with Gasteiger partial charge in [-0.05, 0) is 19.1 Å². The van der Waals surface area contributed by atoms with Crippen molar-refractivity contribution in [2.24, 2.45) is 0 Å². The summed E-state index contributed by atoms with van der Waals surface area (Å²) in [5, 5.41) is 0. The van der Waals surface area contributed by atoms with Gasteiger partial charge in [-0.3, -0.25) is 0 Å². The molecule has 0 radical (unpaired) electrons. The zero-order valence-electron chi connectivity index (χ0n) is 5.24. The van der Waals surface area contributed by atoms with E-state index in [1.165, 1.54) is 5.56 Å². The minimum Gasteiger partial charge on any atom is -0.399 e. The van der Waals surface area contributed by atoms with Crippen LogP contribution in [-0.4, -0.2) is 0 Å². The first-order chi connectivity index (χ1) is 3.79. The molecule has 0 amide bonds. The minimum atomic E-state index is 0. The Kier molecular flexibility index (Phi) is 3.36. The van der Waals surface area contributed by atoms with Gasteiger partial charge in [0.25, 0.3) is 0 Å². The molecule has 1 aromatic carbocycles. The van der Waals surface area contributed by atoms with Crippen molar-refractivity contribution in [1.82, 2.24) is 0 Å². The molecule has 0 heterocycles. The summed E-state index contributed by atoms with van der Waals surface area (Å²) in [7, 11) is 0. The van der Waals surface area contributed by atoms with E-state index in [2.05, 4.69) is 0 Å². The summed E-state index contributed by atoms with van der Waals surface area (Å²) in [6.07, 6.45) is 0. The van der Waals surface area contributed by atoms with Crippen LogP contribution < -0.4 is 5.73 Å². The van der Waals surface area contributed by atoms with Gasteiger partial charge in [-0.2, -0.15) is 0 Å². The third-order valence-corrected chi connectivity index (χ3v) is 1.08. The van der Waals surface area contributed by atoms with Crippen LogP contribution in [0.3, 0.4) is 0 Å².